The minimum Gasteiger partial charge on any atom is -0.376 e. The molecule has 2 heterocycles. The molecule has 0 spiro atoms. The molecule has 6 heteroatoms. The van der Waals surface area contributed by atoms with Crippen LogP contribution in [0.15, 0.2) is 35.5 Å². The van der Waals surface area contributed by atoms with Crippen LogP contribution in [0.1, 0.15) is 56.3 Å². The minimum absolute atomic E-state index is 0.181. The van der Waals surface area contributed by atoms with Gasteiger partial charge in [-0.05, 0) is 51.7 Å². The first kappa shape index (κ1) is 21.4. The van der Waals surface area contributed by atoms with Gasteiger partial charge in [-0.1, -0.05) is 49.2 Å². The third kappa shape index (κ3) is 4.92. The molecule has 1 amide bonds. The van der Waals surface area contributed by atoms with E-state index in [1.54, 1.807) is 11.8 Å². The lowest BCUT2D eigenvalue weighted by Crippen LogP contribution is -2.42. The molecule has 1 atom stereocenters. The zero-order chi connectivity index (χ0) is 20.9. The summed E-state index contributed by atoms with van der Waals surface area (Å²) in [6.45, 7) is 5.84. The quantitative estimate of drug-likeness (QED) is 0.574. The maximum atomic E-state index is 13.4. The van der Waals surface area contributed by atoms with Crippen LogP contribution in [0.4, 0.5) is 5.69 Å². The zero-order valence-corrected chi connectivity index (χ0v) is 19.0. The highest BCUT2D eigenvalue weighted by Gasteiger charge is 2.28. The zero-order valence-electron chi connectivity index (χ0n) is 18.2. The number of ether oxygens (including phenoxy) is 1. The summed E-state index contributed by atoms with van der Waals surface area (Å²) in [6, 6.07) is 10.5. The number of thioether (sulfide) groups is 1. The molecular formula is C24H33N3O2S. The van der Waals surface area contributed by atoms with Crippen LogP contribution in [0, 0.1) is 13.8 Å². The van der Waals surface area contributed by atoms with Gasteiger partial charge in [0.05, 0.1) is 24.1 Å². The van der Waals surface area contributed by atoms with Crippen molar-refractivity contribution in [1.29, 1.82) is 0 Å². The fourth-order valence-electron chi connectivity index (χ4n) is 4.62. The molecule has 1 saturated carbocycles. The third-order valence-electron chi connectivity index (χ3n) is 6.40. The Kier molecular flexibility index (Phi) is 7.16. The molecule has 4 rings (SSSR count). The molecule has 0 bridgehead atoms. The second-order valence-electron chi connectivity index (χ2n) is 8.49. The van der Waals surface area contributed by atoms with Gasteiger partial charge in [0.15, 0.2) is 5.16 Å². The number of benzene rings is 1. The smallest absolute Gasteiger partial charge is 0.237 e. The average molecular weight is 428 g/mol. The summed E-state index contributed by atoms with van der Waals surface area (Å²) in [6.07, 6.45) is 8.37. The Bertz CT molecular complexity index is 840. The van der Waals surface area contributed by atoms with Gasteiger partial charge < -0.3 is 14.2 Å². The largest absolute Gasteiger partial charge is 0.376 e. The number of amides is 1. The minimum atomic E-state index is 0.181. The van der Waals surface area contributed by atoms with Crippen molar-refractivity contribution in [3.8, 4) is 0 Å². The van der Waals surface area contributed by atoms with E-state index in [1.807, 2.05) is 25.1 Å². The van der Waals surface area contributed by atoms with Gasteiger partial charge in [-0.2, -0.15) is 0 Å². The van der Waals surface area contributed by atoms with Gasteiger partial charge in [0.1, 0.15) is 0 Å². The number of aryl methyl sites for hydroxylation is 1. The standard InChI is InChI=1S/C24H33N3O2S/c1-18-19(2)26(16-22-14-9-15-29-22)24(25-18)30-17-23(28)27(20-10-5-3-6-11-20)21-12-7-4-8-13-21/h3,5-6,10-11,21-22H,4,7-9,12-17H2,1-2H3/t22-/m1/s1. The van der Waals surface area contributed by atoms with Crippen LogP contribution < -0.4 is 4.90 Å². The van der Waals surface area contributed by atoms with Gasteiger partial charge in [-0.15, -0.1) is 0 Å². The van der Waals surface area contributed by atoms with Crippen LogP contribution in [-0.4, -0.2) is 40.0 Å². The highest BCUT2D eigenvalue weighted by Crippen LogP contribution is 2.30. The Morgan fingerprint density at radius 1 is 1.13 bits per heavy atom. The normalized spacial score (nSPS) is 19.9. The molecule has 1 aliphatic heterocycles. The highest BCUT2D eigenvalue weighted by atomic mass is 32.2. The van der Waals surface area contributed by atoms with Crippen LogP contribution in [0.2, 0.25) is 0 Å². The van der Waals surface area contributed by atoms with Crippen molar-refractivity contribution < 1.29 is 9.53 Å². The average Bonchev–Trinajstić information content (AvgIpc) is 3.38. The first-order chi connectivity index (χ1) is 14.6. The predicted molar refractivity (Wildman–Crippen MR) is 122 cm³/mol. The van der Waals surface area contributed by atoms with Gasteiger partial charge >= 0.3 is 0 Å². The Morgan fingerprint density at radius 3 is 2.60 bits per heavy atom. The fourth-order valence-corrected chi connectivity index (χ4v) is 5.58. The molecule has 5 nitrogen and oxygen atoms in total. The molecule has 1 aromatic heterocycles. The summed E-state index contributed by atoms with van der Waals surface area (Å²) in [4.78, 5) is 20.2. The third-order valence-corrected chi connectivity index (χ3v) is 7.36. The molecule has 0 N–H and O–H groups in total. The van der Waals surface area contributed by atoms with E-state index in [1.165, 1.54) is 25.0 Å². The van der Waals surface area contributed by atoms with E-state index in [-0.39, 0.29) is 12.0 Å². The lowest BCUT2D eigenvalue weighted by Gasteiger charge is -2.34. The van der Waals surface area contributed by atoms with Gasteiger partial charge in [0.2, 0.25) is 5.91 Å². The first-order valence-corrected chi connectivity index (χ1v) is 12.3. The molecule has 30 heavy (non-hydrogen) atoms. The van der Waals surface area contributed by atoms with Crippen molar-refractivity contribution in [3.05, 3.63) is 41.7 Å². The number of rotatable bonds is 7. The van der Waals surface area contributed by atoms with Crippen molar-refractivity contribution in [3.63, 3.8) is 0 Å². The predicted octanol–water partition coefficient (Wildman–Crippen LogP) is 5.14. The van der Waals surface area contributed by atoms with Crippen LogP contribution in [0.25, 0.3) is 0 Å². The van der Waals surface area contributed by atoms with E-state index in [2.05, 4.69) is 28.5 Å². The second-order valence-corrected chi connectivity index (χ2v) is 9.43. The van der Waals surface area contributed by atoms with E-state index in [0.717, 1.165) is 55.4 Å². The number of carbonyl (C=O) groups excluding carboxylic acids is 1. The van der Waals surface area contributed by atoms with Crippen molar-refractivity contribution >= 4 is 23.4 Å². The Hall–Kier alpha value is -1.79. The monoisotopic (exact) mass is 427 g/mol. The van der Waals surface area contributed by atoms with Gasteiger partial charge in [0, 0.05) is 24.0 Å². The van der Waals surface area contributed by atoms with Crippen LogP contribution in [0.3, 0.4) is 0 Å². The second kappa shape index (κ2) is 10.0. The van der Waals surface area contributed by atoms with Crippen LogP contribution >= 0.6 is 11.8 Å². The SMILES string of the molecule is Cc1nc(SCC(=O)N(c2ccccc2)C2CCCCC2)n(C[C@H]2CCCO2)c1C. The molecule has 1 saturated heterocycles. The maximum absolute atomic E-state index is 13.4. The number of aromatic nitrogens is 2. The van der Waals surface area contributed by atoms with Crippen molar-refractivity contribution in [2.24, 2.45) is 0 Å². The lowest BCUT2D eigenvalue weighted by atomic mass is 9.93. The number of para-hydroxylation sites is 1. The van der Waals surface area contributed by atoms with Crippen molar-refractivity contribution in [2.45, 2.75) is 82.6 Å². The number of carbonyl (C=O) groups is 1. The van der Waals surface area contributed by atoms with Gasteiger partial charge in [-0.25, -0.2) is 4.98 Å². The molecule has 0 unspecified atom stereocenters. The fraction of sp³-hybridized carbons (Fsp3) is 0.583. The number of hydrogen-bond donors (Lipinski definition) is 0. The first-order valence-electron chi connectivity index (χ1n) is 11.3. The van der Waals surface area contributed by atoms with E-state index >= 15 is 0 Å². The lowest BCUT2D eigenvalue weighted by molar-refractivity contribution is -0.116. The number of nitrogens with zero attached hydrogens (tertiary/aromatic N) is 3. The molecule has 1 aromatic carbocycles. The maximum Gasteiger partial charge on any atom is 0.237 e. The summed E-state index contributed by atoms with van der Waals surface area (Å²) in [7, 11) is 0. The van der Waals surface area contributed by atoms with E-state index in [4.69, 9.17) is 9.72 Å². The molecule has 2 aliphatic rings. The van der Waals surface area contributed by atoms with Gasteiger partial charge in [-0.3, -0.25) is 4.79 Å². The van der Waals surface area contributed by atoms with Crippen LogP contribution in [0.5, 0.6) is 0 Å². The Balaban J connectivity index is 1.48. The highest BCUT2D eigenvalue weighted by molar-refractivity contribution is 7.99. The summed E-state index contributed by atoms with van der Waals surface area (Å²) in [5, 5.41) is 0.936. The number of anilines is 1. The Labute approximate surface area is 184 Å². The molecule has 2 aromatic rings. The summed E-state index contributed by atoms with van der Waals surface area (Å²) >= 11 is 1.57. The number of hydrogen-bond acceptors (Lipinski definition) is 4. The molecule has 162 valence electrons. The number of imidazole rings is 1. The molecular weight excluding hydrogens is 394 g/mol. The topological polar surface area (TPSA) is 47.4 Å². The van der Waals surface area contributed by atoms with Crippen molar-refractivity contribution in [2.75, 3.05) is 17.3 Å². The molecule has 0 radical (unpaired) electrons. The van der Waals surface area contributed by atoms with Crippen molar-refractivity contribution in [1.82, 2.24) is 9.55 Å². The summed E-state index contributed by atoms with van der Waals surface area (Å²) < 4.78 is 8.09. The van der Waals surface area contributed by atoms with E-state index < -0.39 is 0 Å². The van der Waals surface area contributed by atoms with E-state index in [0.29, 0.717) is 11.8 Å². The van der Waals surface area contributed by atoms with E-state index in [9.17, 15) is 4.79 Å². The van der Waals surface area contributed by atoms with Gasteiger partial charge in [0.25, 0.3) is 0 Å². The Morgan fingerprint density at radius 2 is 1.90 bits per heavy atom. The van der Waals surface area contributed by atoms with Crippen LogP contribution in [-0.2, 0) is 16.1 Å². The molecule has 2 fully saturated rings. The summed E-state index contributed by atoms with van der Waals surface area (Å²) in [5.41, 5.74) is 3.23. The summed E-state index contributed by atoms with van der Waals surface area (Å²) in [5.74, 6) is 0.590. The molecule has 1 aliphatic carbocycles.